The van der Waals surface area contributed by atoms with Crippen LogP contribution in [0.3, 0.4) is 0 Å². The molecule has 7 heteroatoms. The predicted octanol–water partition coefficient (Wildman–Crippen LogP) is 3.97. The van der Waals surface area contributed by atoms with Gasteiger partial charge in [0.1, 0.15) is 0 Å². The summed E-state index contributed by atoms with van der Waals surface area (Å²) in [5.41, 5.74) is 3.05. The van der Waals surface area contributed by atoms with Crippen LogP contribution in [0.1, 0.15) is 62.4 Å². The zero-order valence-electron chi connectivity index (χ0n) is 21.9. The number of benzene rings is 2. The molecular weight excluding hydrogens is 452 g/mol. The molecule has 2 aromatic carbocycles. The van der Waals surface area contributed by atoms with Crippen molar-refractivity contribution in [3.05, 3.63) is 59.7 Å². The molecule has 0 spiro atoms. The van der Waals surface area contributed by atoms with Crippen LogP contribution in [0.25, 0.3) is 0 Å². The number of carbonyl (C=O) groups excluding carboxylic acids is 2. The van der Waals surface area contributed by atoms with E-state index in [9.17, 15) is 14.7 Å². The second kappa shape index (κ2) is 14.0. The zero-order chi connectivity index (χ0) is 25.9. The summed E-state index contributed by atoms with van der Waals surface area (Å²) in [5, 5.41) is 20.7. The maximum absolute atomic E-state index is 13.4. The van der Waals surface area contributed by atoms with Crippen molar-refractivity contribution in [1.82, 2.24) is 10.6 Å². The Morgan fingerprint density at radius 1 is 1.14 bits per heavy atom. The molecule has 0 aromatic heterocycles. The molecule has 0 radical (unpaired) electrons. The fourth-order valence-electron chi connectivity index (χ4n) is 4.56. The minimum absolute atomic E-state index is 0.0796. The standard InChI is InChI=1S/C29H42N4O3/c1-4-31-24-17-23(18-25(19-24)33-15-9-13-28(33)35)29(36)32-26(16-22-11-6-5-7-12-22)27(34)20-30-14-8-10-21(2)3/h5-7,11-12,17-19,21,26-27,30-31,34H,4,8-10,13-16,20H2,1-3H3,(H,32,36)/t26-,27+/m0/s1. The molecule has 2 amide bonds. The molecule has 4 N–H and O–H groups in total. The van der Waals surface area contributed by atoms with Crippen LogP contribution in [0, 0.1) is 5.92 Å². The molecule has 0 saturated carbocycles. The molecular formula is C29H42N4O3. The molecule has 0 aliphatic carbocycles. The normalized spacial score (nSPS) is 15.2. The maximum atomic E-state index is 13.4. The van der Waals surface area contributed by atoms with Crippen molar-refractivity contribution in [2.75, 3.05) is 36.4 Å². The van der Waals surface area contributed by atoms with Gasteiger partial charge in [-0.05, 0) is 68.8 Å². The minimum Gasteiger partial charge on any atom is -0.390 e. The number of rotatable bonds is 14. The number of hydrogen-bond acceptors (Lipinski definition) is 5. The van der Waals surface area contributed by atoms with Gasteiger partial charge in [0.25, 0.3) is 5.91 Å². The number of amides is 2. The number of nitrogens with one attached hydrogen (secondary N) is 3. The summed E-state index contributed by atoms with van der Waals surface area (Å²) in [6, 6.07) is 14.9. The highest BCUT2D eigenvalue weighted by Crippen LogP contribution is 2.27. The van der Waals surface area contributed by atoms with Gasteiger partial charge >= 0.3 is 0 Å². The Kier molecular flexibility index (Phi) is 10.8. The quantitative estimate of drug-likeness (QED) is 0.298. The van der Waals surface area contributed by atoms with Gasteiger partial charge in [0.15, 0.2) is 0 Å². The third-order valence-electron chi connectivity index (χ3n) is 6.51. The molecule has 2 aromatic rings. The van der Waals surface area contributed by atoms with Crippen LogP contribution in [0.15, 0.2) is 48.5 Å². The summed E-state index contributed by atoms with van der Waals surface area (Å²) in [6.45, 7) is 9.00. The van der Waals surface area contributed by atoms with E-state index < -0.39 is 12.1 Å². The topological polar surface area (TPSA) is 93.7 Å². The summed E-state index contributed by atoms with van der Waals surface area (Å²) in [6.07, 6.45) is 3.31. The molecule has 1 aliphatic heterocycles. The van der Waals surface area contributed by atoms with E-state index in [0.717, 1.165) is 42.7 Å². The Morgan fingerprint density at radius 2 is 1.92 bits per heavy atom. The van der Waals surface area contributed by atoms with Gasteiger partial charge in [0.05, 0.1) is 12.1 Å². The monoisotopic (exact) mass is 494 g/mol. The molecule has 0 bridgehead atoms. The Labute approximate surface area is 215 Å². The molecule has 1 fully saturated rings. The number of anilines is 2. The third-order valence-corrected chi connectivity index (χ3v) is 6.51. The SMILES string of the molecule is CCNc1cc(C(=O)N[C@@H](Cc2ccccc2)[C@H](O)CNCCCC(C)C)cc(N2CCCC2=O)c1. The van der Waals surface area contributed by atoms with E-state index in [0.29, 0.717) is 44.0 Å². The summed E-state index contributed by atoms with van der Waals surface area (Å²) in [5.74, 6) is 0.471. The third kappa shape index (κ3) is 8.35. The van der Waals surface area contributed by atoms with E-state index in [1.807, 2.05) is 43.3 Å². The Balaban J connectivity index is 1.75. The predicted molar refractivity (Wildman–Crippen MR) is 147 cm³/mol. The second-order valence-corrected chi connectivity index (χ2v) is 10.0. The van der Waals surface area contributed by atoms with E-state index in [1.54, 1.807) is 17.0 Å². The van der Waals surface area contributed by atoms with Crippen molar-refractivity contribution in [2.45, 2.75) is 65.0 Å². The number of aliphatic hydroxyl groups is 1. The fraction of sp³-hybridized carbons (Fsp3) is 0.517. The van der Waals surface area contributed by atoms with Crippen molar-refractivity contribution in [3.63, 3.8) is 0 Å². The van der Waals surface area contributed by atoms with Gasteiger partial charge < -0.3 is 26.0 Å². The van der Waals surface area contributed by atoms with Crippen molar-refractivity contribution in [1.29, 1.82) is 0 Å². The average molecular weight is 495 g/mol. The number of nitrogens with zero attached hydrogens (tertiary/aromatic N) is 1. The molecule has 0 unspecified atom stereocenters. The van der Waals surface area contributed by atoms with Gasteiger partial charge in [0, 0.05) is 43.0 Å². The highest BCUT2D eigenvalue weighted by Gasteiger charge is 2.25. The van der Waals surface area contributed by atoms with Gasteiger partial charge in [-0.25, -0.2) is 0 Å². The molecule has 36 heavy (non-hydrogen) atoms. The molecule has 1 saturated heterocycles. The van der Waals surface area contributed by atoms with E-state index in [-0.39, 0.29) is 11.8 Å². The number of aliphatic hydroxyl groups excluding tert-OH is 1. The summed E-state index contributed by atoms with van der Waals surface area (Å²) in [4.78, 5) is 27.5. The van der Waals surface area contributed by atoms with E-state index in [2.05, 4.69) is 29.8 Å². The summed E-state index contributed by atoms with van der Waals surface area (Å²) < 4.78 is 0. The lowest BCUT2D eigenvalue weighted by Crippen LogP contribution is -2.49. The van der Waals surface area contributed by atoms with Crippen LogP contribution < -0.4 is 20.9 Å². The van der Waals surface area contributed by atoms with Crippen LogP contribution in [0.4, 0.5) is 11.4 Å². The van der Waals surface area contributed by atoms with Gasteiger partial charge in [0.2, 0.25) is 5.91 Å². The Morgan fingerprint density at radius 3 is 2.58 bits per heavy atom. The van der Waals surface area contributed by atoms with Gasteiger partial charge in [-0.3, -0.25) is 9.59 Å². The molecule has 3 rings (SSSR count). The molecule has 7 nitrogen and oxygen atoms in total. The summed E-state index contributed by atoms with van der Waals surface area (Å²) >= 11 is 0. The lowest BCUT2D eigenvalue weighted by molar-refractivity contribution is -0.117. The summed E-state index contributed by atoms with van der Waals surface area (Å²) in [7, 11) is 0. The van der Waals surface area contributed by atoms with Crippen molar-refractivity contribution < 1.29 is 14.7 Å². The van der Waals surface area contributed by atoms with Crippen LogP contribution in [-0.2, 0) is 11.2 Å². The number of hydrogen-bond donors (Lipinski definition) is 4. The molecule has 196 valence electrons. The molecule has 1 aliphatic rings. The number of carbonyl (C=O) groups is 2. The first-order valence-electron chi connectivity index (χ1n) is 13.3. The minimum atomic E-state index is -0.746. The van der Waals surface area contributed by atoms with Crippen LogP contribution in [-0.4, -0.2) is 55.2 Å². The van der Waals surface area contributed by atoms with Gasteiger partial charge in [-0.1, -0.05) is 44.2 Å². The lowest BCUT2D eigenvalue weighted by atomic mass is 10.00. The Hall–Kier alpha value is -2.90. The lowest BCUT2D eigenvalue weighted by Gasteiger charge is -2.25. The van der Waals surface area contributed by atoms with Crippen molar-refractivity contribution in [3.8, 4) is 0 Å². The highest BCUT2D eigenvalue weighted by molar-refractivity contribution is 6.00. The van der Waals surface area contributed by atoms with Crippen LogP contribution in [0.5, 0.6) is 0 Å². The van der Waals surface area contributed by atoms with Gasteiger partial charge in [-0.15, -0.1) is 0 Å². The average Bonchev–Trinajstić information content (AvgIpc) is 3.29. The van der Waals surface area contributed by atoms with E-state index in [1.165, 1.54) is 0 Å². The first kappa shape index (κ1) is 27.7. The van der Waals surface area contributed by atoms with E-state index in [4.69, 9.17) is 0 Å². The Bertz CT molecular complexity index is 980. The van der Waals surface area contributed by atoms with Crippen molar-refractivity contribution >= 4 is 23.2 Å². The maximum Gasteiger partial charge on any atom is 0.251 e. The molecule has 1 heterocycles. The van der Waals surface area contributed by atoms with E-state index >= 15 is 0 Å². The largest absolute Gasteiger partial charge is 0.390 e. The first-order valence-corrected chi connectivity index (χ1v) is 13.3. The zero-order valence-corrected chi connectivity index (χ0v) is 21.9. The molecule has 2 atom stereocenters. The highest BCUT2D eigenvalue weighted by atomic mass is 16.3. The first-order chi connectivity index (χ1) is 17.4. The van der Waals surface area contributed by atoms with Crippen LogP contribution >= 0.6 is 0 Å². The smallest absolute Gasteiger partial charge is 0.251 e. The van der Waals surface area contributed by atoms with Crippen molar-refractivity contribution in [2.24, 2.45) is 5.92 Å². The van der Waals surface area contributed by atoms with Crippen LogP contribution in [0.2, 0.25) is 0 Å². The fourth-order valence-corrected chi connectivity index (χ4v) is 4.56. The van der Waals surface area contributed by atoms with Gasteiger partial charge in [-0.2, -0.15) is 0 Å². The second-order valence-electron chi connectivity index (χ2n) is 10.0.